The molecule has 0 N–H and O–H groups in total. The van der Waals surface area contributed by atoms with Crippen molar-refractivity contribution in [1.82, 2.24) is 4.57 Å². The van der Waals surface area contributed by atoms with Crippen LogP contribution in [0.2, 0.25) is 10.0 Å². The van der Waals surface area contributed by atoms with E-state index in [-0.39, 0.29) is 12.2 Å². The topological polar surface area (TPSA) is 60.7 Å². The van der Waals surface area contributed by atoms with E-state index in [9.17, 15) is 9.59 Å². The van der Waals surface area contributed by atoms with Crippen molar-refractivity contribution < 1.29 is 9.53 Å². The molecule has 3 aromatic rings. The Morgan fingerprint density at radius 1 is 1.23 bits per heavy atom. The van der Waals surface area contributed by atoms with Gasteiger partial charge < -0.3 is 4.74 Å². The minimum Gasteiger partial charge on any atom is -0.463 e. The van der Waals surface area contributed by atoms with Gasteiger partial charge in [0.05, 0.1) is 28.5 Å². The Hall–Kier alpha value is -2.67. The highest BCUT2D eigenvalue weighted by atomic mass is 35.5. The van der Waals surface area contributed by atoms with Gasteiger partial charge in [-0.25, -0.2) is 9.79 Å². The van der Waals surface area contributed by atoms with Gasteiger partial charge in [-0.05, 0) is 43.2 Å². The Balaban J connectivity index is 1.96. The number of carbonyl (C=O) groups excluding carboxylic acids is 1. The van der Waals surface area contributed by atoms with E-state index in [0.29, 0.717) is 36.2 Å². The molecule has 0 bridgehead atoms. The predicted molar refractivity (Wildman–Crippen MR) is 123 cm³/mol. The number of allylic oxidation sites excluding steroid dienone is 1. The molecule has 1 aliphatic rings. The molecular weight excluding hydrogens is 455 g/mol. The zero-order valence-electron chi connectivity index (χ0n) is 16.8. The number of esters is 1. The number of ether oxygens (including phenoxy) is 1. The van der Waals surface area contributed by atoms with E-state index >= 15 is 0 Å². The third-order valence-corrected chi connectivity index (χ3v) is 6.43. The van der Waals surface area contributed by atoms with Crippen molar-refractivity contribution in [2.75, 3.05) is 6.61 Å². The summed E-state index contributed by atoms with van der Waals surface area (Å²) in [7, 11) is 0. The summed E-state index contributed by atoms with van der Waals surface area (Å²) in [6, 6.07) is 13.9. The summed E-state index contributed by atoms with van der Waals surface area (Å²) in [5.74, 6) is -0.479. The van der Waals surface area contributed by atoms with Crippen molar-refractivity contribution in [2.45, 2.75) is 19.9 Å². The van der Waals surface area contributed by atoms with E-state index in [1.807, 2.05) is 30.3 Å². The summed E-state index contributed by atoms with van der Waals surface area (Å²) >= 11 is 13.5. The standard InChI is InChI=1S/C23H18Cl2N2O3S/c1-3-30-22(29)19-13(2)26-23-27(20(19)14-7-5-4-6-8-14)21(28)18(31-23)11-15-9-10-16(24)12-17(15)25/h4-12,20H,3H2,1-2H3/b18-11+. The number of aromatic nitrogens is 1. The molecule has 1 unspecified atom stereocenters. The maximum atomic E-state index is 13.5. The average Bonchev–Trinajstić information content (AvgIpc) is 3.04. The maximum Gasteiger partial charge on any atom is 0.338 e. The Labute approximate surface area is 192 Å². The van der Waals surface area contributed by atoms with Crippen LogP contribution >= 0.6 is 34.5 Å². The minimum atomic E-state index is -0.626. The summed E-state index contributed by atoms with van der Waals surface area (Å²) in [6.45, 7) is 3.74. The second kappa shape index (κ2) is 8.83. The lowest BCUT2D eigenvalue weighted by atomic mass is 9.96. The first-order valence-corrected chi connectivity index (χ1v) is 11.2. The number of hydrogen-bond donors (Lipinski definition) is 0. The number of hydrogen-bond acceptors (Lipinski definition) is 5. The van der Waals surface area contributed by atoms with Crippen LogP contribution in [0.5, 0.6) is 0 Å². The molecule has 0 radical (unpaired) electrons. The molecule has 0 spiro atoms. The molecule has 2 heterocycles. The average molecular weight is 473 g/mol. The normalized spacial score (nSPS) is 16.1. The first-order chi connectivity index (χ1) is 14.9. The third kappa shape index (κ3) is 4.11. The molecule has 158 valence electrons. The van der Waals surface area contributed by atoms with Crippen LogP contribution in [0.3, 0.4) is 0 Å². The van der Waals surface area contributed by atoms with Crippen LogP contribution in [0.1, 0.15) is 31.0 Å². The van der Waals surface area contributed by atoms with Crippen molar-refractivity contribution in [3.8, 4) is 0 Å². The molecule has 8 heteroatoms. The van der Waals surface area contributed by atoms with E-state index in [4.69, 9.17) is 27.9 Å². The molecule has 31 heavy (non-hydrogen) atoms. The number of rotatable bonds is 4. The van der Waals surface area contributed by atoms with Crippen LogP contribution in [-0.2, 0) is 9.53 Å². The van der Waals surface area contributed by atoms with E-state index in [1.165, 1.54) is 11.3 Å². The van der Waals surface area contributed by atoms with Gasteiger partial charge in [-0.15, -0.1) is 0 Å². The van der Waals surface area contributed by atoms with Gasteiger partial charge in [0.1, 0.15) is 0 Å². The van der Waals surface area contributed by atoms with Gasteiger partial charge in [-0.1, -0.05) is 70.9 Å². The summed E-state index contributed by atoms with van der Waals surface area (Å²) in [6.07, 6.45) is 1.72. The van der Waals surface area contributed by atoms with E-state index in [2.05, 4.69) is 4.99 Å². The quantitative estimate of drug-likeness (QED) is 0.536. The van der Waals surface area contributed by atoms with Crippen molar-refractivity contribution in [2.24, 2.45) is 4.99 Å². The summed E-state index contributed by atoms with van der Waals surface area (Å²) in [5, 5.41) is 0.962. The molecule has 4 rings (SSSR count). The molecular formula is C23H18Cl2N2O3S. The van der Waals surface area contributed by atoms with Crippen LogP contribution in [0.15, 0.2) is 69.6 Å². The van der Waals surface area contributed by atoms with Gasteiger partial charge in [0, 0.05) is 10.0 Å². The summed E-state index contributed by atoms with van der Waals surface area (Å²) < 4.78 is 7.29. The van der Waals surface area contributed by atoms with E-state index in [1.54, 1.807) is 42.7 Å². The number of carbonyl (C=O) groups is 1. The second-order valence-electron chi connectivity index (χ2n) is 6.88. The Morgan fingerprint density at radius 2 is 1.97 bits per heavy atom. The van der Waals surface area contributed by atoms with Crippen LogP contribution in [-0.4, -0.2) is 17.1 Å². The van der Waals surface area contributed by atoms with E-state index < -0.39 is 12.0 Å². The van der Waals surface area contributed by atoms with Crippen LogP contribution < -0.4 is 14.9 Å². The molecule has 1 aromatic heterocycles. The number of halogens is 2. The van der Waals surface area contributed by atoms with Gasteiger partial charge in [0.2, 0.25) is 0 Å². The third-order valence-electron chi connectivity index (χ3n) is 4.88. The highest BCUT2D eigenvalue weighted by Gasteiger charge is 2.33. The van der Waals surface area contributed by atoms with E-state index in [0.717, 1.165) is 5.56 Å². The van der Waals surface area contributed by atoms with Crippen LogP contribution in [0.4, 0.5) is 0 Å². The van der Waals surface area contributed by atoms with Crippen molar-refractivity contribution >= 4 is 46.6 Å². The van der Waals surface area contributed by atoms with Gasteiger partial charge >= 0.3 is 5.97 Å². The van der Waals surface area contributed by atoms with Crippen molar-refractivity contribution in [3.63, 3.8) is 0 Å². The molecule has 0 fully saturated rings. The molecule has 2 aromatic carbocycles. The number of benzene rings is 2. The lowest BCUT2D eigenvalue weighted by Gasteiger charge is -2.24. The fourth-order valence-corrected chi connectivity index (χ4v) is 5.00. The van der Waals surface area contributed by atoms with Crippen LogP contribution in [0, 0.1) is 0 Å². The molecule has 0 aliphatic carbocycles. The Morgan fingerprint density at radius 3 is 2.65 bits per heavy atom. The molecule has 0 saturated heterocycles. The predicted octanol–water partition coefficient (Wildman–Crippen LogP) is 4.11. The smallest absolute Gasteiger partial charge is 0.338 e. The van der Waals surface area contributed by atoms with Crippen molar-refractivity contribution in [1.29, 1.82) is 0 Å². The van der Waals surface area contributed by atoms with Gasteiger partial charge in [0.25, 0.3) is 5.56 Å². The number of nitrogens with zero attached hydrogens (tertiary/aromatic N) is 2. The van der Waals surface area contributed by atoms with Crippen molar-refractivity contribution in [3.05, 3.63) is 101 Å². The van der Waals surface area contributed by atoms with Crippen LogP contribution in [0.25, 0.3) is 6.08 Å². The largest absolute Gasteiger partial charge is 0.463 e. The monoisotopic (exact) mass is 472 g/mol. The fourth-order valence-electron chi connectivity index (χ4n) is 3.50. The summed E-state index contributed by atoms with van der Waals surface area (Å²) in [5.41, 5.74) is 2.12. The van der Waals surface area contributed by atoms with Gasteiger partial charge in [0.15, 0.2) is 4.80 Å². The molecule has 1 atom stereocenters. The van der Waals surface area contributed by atoms with Gasteiger partial charge in [-0.3, -0.25) is 9.36 Å². The highest BCUT2D eigenvalue weighted by molar-refractivity contribution is 7.07. The number of thiazole rings is 1. The molecule has 5 nitrogen and oxygen atoms in total. The molecule has 0 saturated carbocycles. The zero-order chi connectivity index (χ0) is 22.1. The zero-order valence-corrected chi connectivity index (χ0v) is 19.1. The summed E-state index contributed by atoms with van der Waals surface area (Å²) in [4.78, 5) is 31.3. The molecule has 0 amide bonds. The van der Waals surface area contributed by atoms with Gasteiger partial charge in [-0.2, -0.15) is 0 Å². The Bertz CT molecular complexity index is 1370. The minimum absolute atomic E-state index is 0.233. The lowest BCUT2D eigenvalue weighted by molar-refractivity contribution is -0.139. The second-order valence-corrected chi connectivity index (χ2v) is 8.73. The first-order valence-electron chi connectivity index (χ1n) is 9.60. The lowest BCUT2D eigenvalue weighted by Crippen LogP contribution is -2.39. The molecule has 1 aliphatic heterocycles. The fraction of sp³-hybridized carbons (Fsp3) is 0.174. The Kier molecular flexibility index (Phi) is 6.14. The number of fused-ring (bicyclic) bond motifs is 1. The SMILES string of the molecule is CCOC(=O)C1=C(C)N=c2s/c(=C/c3ccc(Cl)cc3Cl)c(=O)n2C1c1ccccc1. The first kappa shape index (κ1) is 21.6. The maximum absolute atomic E-state index is 13.5. The highest BCUT2D eigenvalue weighted by Crippen LogP contribution is 2.30.